The second-order valence-corrected chi connectivity index (χ2v) is 6.01. The molecular weight excluding hydrogens is 266 g/mol. The number of amides is 1. The van der Waals surface area contributed by atoms with Gasteiger partial charge < -0.3 is 14.8 Å². The normalized spacial score (nSPS) is 22.6. The third-order valence-corrected chi connectivity index (χ3v) is 4.15. The number of hydrogen-bond acceptors (Lipinski definition) is 3. The van der Waals surface area contributed by atoms with Gasteiger partial charge in [-0.15, -0.1) is 0 Å². The lowest BCUT2D eigenvalue weighted by Crippen LogP contribution is -2.37. The number of carbonyl (C=O) groups is 1. The molecule has 1 saturated carbocycles. The summed E-state index contributed by atoms with van der Waals surface area (Å²) in [4.78, 5) is 12.3. The number of ether oxygens (including phenoxy) is 2. The van der Waals surface area contributed by atoms with Gasteiger partial charge in [0.05, 0.1) is 19.3 Å². The third kappa shape index (κ3) is 3.76. The van der Waals surface area contributed by atoms with Crippen LogP contribution in [-0.4, -0.2) is 25.2 Å². The van der Waals surface area contributed by atoms with Gasteiger partial charge in [0.1, 0.15) is 11.9 Å². The monoisotopic (exact) mass is 289 g/mol. The maximum atomic E-state index is 12.3. The highest BCUT2D eigenvalue weighted by molar-refractivity contribution is 5.80. The Morgan fingerprint density at radius 1 is 1.38 bits per heavy atom. The molecule has 1 aliphatic carbocycles. The Kier molecular flexibility index (Phi) is 4.44. The van der Waals surface area contributed by atoms with Crippen LogP contribution in [0.5, 0.6) is 5.75 Å². The SMILES string of the molecule is C[C@H](OCC1CC1)C(=O)N[C@@H]1CCCOc2ccccc21. The number of hydrogen-bond donors (Lipinski definition) is 1. The van der Waals surface area contributed by atoms with Gasteiger partial charge >= 0.3 is 0 Å². The van der Waals surface area contributed by atoms with Crippen LogP contribution in [0.3, 0.4) is 0 Å². The number of para-hydroxylation sites is 1. The molecule has 21 heavy (non-hydrogen) atoms. The molecule has 1 N–H and O–H groups in total. The second kappa shape index (κ2) is 6.48. The maximum Gasteiger partial charge on any atom is 0.249 e. The molecule has 4 nitrogen and oxygen atoms in total. The van der Waals surface area contributed by atoms with Crippen molar-refractivity contribution in [2.75, 3.05) is 13.2 Å². The molecule has 1 amide bonds. The van der Waals surface area contributed by atoms with E-state index in [0.29, 0.717) is 19.1 Å². The highest BCUT2D eigenvalue weighted by Gasteiger charge is 2.26. The number of nitrogens with one attached hydrogen (secondary N) is 1. The molecule has 1 fully saturated rings. The molecule has 0 radical (unpaired) electrons. The van der Waals surface area contributed by atoms with Gasteiger partial charge in [0.15, 0.2) is 0 Å². The Labute approximate surface area is 125 Å². The zero-order valence-corrected chi connectivity index (χ0v) is 12.5. The molecule has 4 heteroatoms. The molecule has 1 aromatic rings. The van der Waals surface area contributed by atoms with Crippen LogP contribution in [0.15, 0.2) is 24.3 Å². The van der Waals surface area contributed by atoms with E-state index in [9.17, 15) is 4.79 Å². The zero-order chi connectivity index (χ0) is 14.7. The summed E-state index contributed by atoms with van der Waals surface area (Å²) in [5.74, 6) is 1.52. The van der Waals surface area contributed by atoms with Gasteiger partial charge in [-0.05, 0) is 44.6 Å². The summed E-state index contributed by atoms with van der Waals surface area (Å²) in [6, 6.07) is 7.96. The minimum absolute atomic E-state index is 0.0168. The van der Waals surface area contributed by atoms with E-state index in [1.54, 1.807) is 0 Å². The molecular formula is C17H23NO3. The molecule has 114 valence electrons. The summed E-state index contributed by atoms with van der Waals surface area (Å²) < 4.78 is 11.4. The average Bonchev–Trinajstić information content (AvgIpc) is 3.32. The molecule has 1 aromatic carbocycles. The molecule has 1 aliphatic heterocycles. The first kappa shape index (κ1) is 14.4. The quantitative estimate of drug-likeness (QED) is 0.906. The molecule has 3 rings (SSSR count). The molecule has 0 aromatic heterocycles. The molecule has 2 atom stereocenters. The van der Waals surface area contributed by atoms with Crippen molar-refractivity contribution in [3.63, 3.8) is 0 Å². The van der Waals surface area contributed by atoms with E-state index in [2.05, 4.69) is 5.32 Å². The Bertz CT molecular complexity index is 499. The van der Waals surface area contributed by atoms with Crippen molar-refractivity contribution in [1.82, 2.24) is 5.32 Å². The topological polar surface area (TPSA) is 47.6 Å². The van der Waals surface area contributed by atoms with Crippen LogP contribution >= 0.6 is 0 Å². The maximum absolute atomic E-state index is 12.3. The molecule has 0 unspecified atom stereocenters. The number of carbonyl (C=O) groups excluding carboxylic acids is 1. The van der Waals surface area contributed by atoms with Gasteiger partial charge in [0.25, 0.3) is 0 Å². The fourth-order valence-corrected chi connectivity index (χ4v) is 2.60. The van der Waals surface area contributed by atoms with Gasteiger partial charge in [0, 0.05) is 5.56 Å². The van der Waals surface area contributed by atoms with E-state index in [1.165, 1.54) is 12.8 Å². The largest absolute Gasteiger partial charge is 0.493 e. The van der Waals surface area contributed by atoms with Crippen LogP contribution in [0.4, 0.5) is 0 Å². The van der Waals surface area contributed by atoms with Crippen molar-refractivity contribution in [3.8, 4) is 5.75 Å². The fourth-order valence-electron chi connectivity index (χ4n) is 2.60. The standard InChI is InChI=1S/C17H23NO3/c1-12(21-11-13-8-9-13)17(19)18-15-6-4-10-20-16-7-3-2-5-14(15)16/h2-3,5,7,12-13,15H,4,6,8-11H2,1H3,(H,18,19)/t12-,15+/m0/s1. The van der Waals surface area contributed by atoms with E-state index in [1.807, 2.05) is 31.2 Å². The summed E-state index contributed by atoms with van der Waals surface area (Å²) in [7, 11) is 0. The number of fused-ring (bicyclic) bond motifs is 1. The summed E-state index contributed by atoms with van der Waals surface area (Å²) in [6.45, 7) is 3.24. The van der Waals surface area contributed by atoms with Crippen LogP contribution in [0.1, 0.15) is 44.2 Å². The van der Waals surface area contributed by atoms with E-state index in [4.69, 9.17) is 9.47 Å². The summed E-state index contributed by atoms with van der Waals surface area (Å²) in [6.07, 6.45) is 3.93. The van der Waals surface area contributed by atoms with Gasteiger partial charge in [0.2, 0.25) is 5.91 Å². The van der Waals surface area contributed by atoms with E-state index in [-0.39, 0.29) is 18.1 Å². The highest BCUT2D eigenvalue weighted by Crippen LogP contribution is 2.31. The van der Waals surface area contributed by atoms with Crippen molar-refractivity contribution >= 4 is 5.91 Å². The minimum atomic E-state index is -0.387. The average molecular weight is 289 g/mol. The van der Waals surface area contributed by atoms with Crippen LogP contribution < -0.4 is 10.1 Å². The van der Waals surface area contributed by atoms with Crippen molar-refractivity contribution < 1.29 is 14.3 Å². The summed E-state index contributed by atoms with van der Waals surface area (Å²) in [5.41, 5.74) is 1.07. The van der Waals surface area contributed by atoms with Gasteiger partial charge in [-0.1, -0.05) is 18.2 Å². The van der Waals surface area contributed by atoms with E-state index >= 15 is 0 Å². The van der Waals surface area contributed by atoms with Gasteiger partial charge in [-0.3, -0.25) is 4.79 Å². The second-order valence-electron chi connectivity index (χ2n) is 6.01. The van der Waals surface area contributed by atoms with Crippen LogP contribution in [0, 0.1) is 5.92 Å². The fraction of sp³-hybridized carbons (Fsp3) is 0.588. The van der Waals surface area contributed by atoms with Crippen LogP contribution in [0.2, 0.25) is 0 Å². The Hall–Kier alpha value is -1.55. The summed E-state index contributed by atoms with van der Waals surface area (Å²) in [5, 5.41) is 3.12. The first-order valence-corrected chi connectivity index (χ1v) is 7.88. The number of benzene rings is 1. The van der Waals surface area contributed by atoms with Crippen LogP contribution in [0.25, 0.3) is 0 Å². The first-order chi connectivity index (χ1) is 10.2. The predicted octanol–water partition coefficient (Wildman–Crippen LogP) is 2.83. The minimum Gasteiger partial charge on any atom is -0.493 e. The predicted molar refractivity (Wildman–Crippen MR) is 80.2 cm³/mol. The lowest BCUT2D eigenvalue weighted by molar-refractivity contribution is -0.132. The molecule has 0 spiro atoms. The number of rotatable bonds is 5. The highest BCUT2D eigenvalue weighted by atomic mass is 16.5. The molecule has 1 heterocycles. The lowest BCUT2D eigenvalue weighted by Gasteiger charge is -2.21. The van der Waals surface area contributed by atoms with Crippen molar-refractivity contribution in [2.24, 2.45) is 5.92 Å². The van der Waals surface area contributed by atoms with Crippen molar-refractivity contribution in [1.29, 1.82) is 0 Å². The first-order valence-electron chi connectivity index (χ1n) is 7.88. The molecule has 2 aliphatic rings. The van der Waals surface area contributed by atoms with Crippen molar-refractivity contribution in [2.45, 2.75) is 44.8 Å². The smallest absolute Gasteiger partial charge is 0.249 e. The molecule has 0 bridgehead atoms. The van der Waals surface area contributed by atoms with E-state index in [0.717, 1.165) is 24.2 Å². The molecule has 0 saturated heterocycles. The summed E-state index contributed by atoms with van der Waals surface area (Å²) >= 11 is 0. The van der Waals surface area contributed by atoms with E-state index < -0.39 is 0 Å². The van der Waals surface area contributed by atoms with Gasteiger partial charge in [-0.2, -0.15) is 0 Å². The zero-order valence-electron chi connectivity index (χ0n) is 12.5. The third-order valence-electron chi connectivity index (χ3n) is 4.15. The van der Waals surface area contributed by atoms with Crippen LogP contribution in [-0.2, 0) is 9.53 Å². The Balaban J connectivity index is 1.61. The lowest BCUT2D eigenvalue weighted by atomic mass is 10.0. The van der Waals surface area contributed by atoms with Gasteiger partial charge in [-0.25, -0.2) is 0 Å². The van der Waals surface area contributed by atoms with Crippen molar-refractivity contribution in [3.05, 3.63) is 29.8 Å². The Morgan fingerprint density at radius 2 is 2.19 bits per heavy atom. The Morgan fingerprint density at radius 3 is 3.00 bits per heavy atom.